The molecule has 0 aromatic rings. The molecule has 0 amide bonds. The van der Waals surface area contributed by atoms with Crippen LogP contribution in [0, 0.1) is 0 Å². The Balaban J connectivity index is 2.45. The van der Waals surface area contributed by atoms with Crippen molar-refractivity contribution in [2.45, 2.75) is 126 Å². The van der Waals surface area contributed by atoms with Crippen molar-refractivity contribution < 1.29 is 40.5 Å². The van der Waals surface area contributed by atoms with Gasteiger partial charge in [0.2, 0.25) is 5.79 Å². The van der Waals surface area contributed by atoms with Crippen LogP contribution in [0.25, 0.3) is 0 Å². The summed E-state index contributed by atoms with van der Waals surface area (Å²) in [4.78, 5) is 0. The summed E-state index contributed by atoms with van der Waals surface area (Å²) in [6.45, 7) is 0.448. The van der Waals surface area contributed by atoms with E-state index in [1.54, 1.807) is 6.08 Å². The Labute approximate surface area is 197 Å². The van der Waals surface area contributed by atoms with Crippen LogP contribution in [0.2, 0.25) is 0 Å². The van der Waals surface area contributed by atoms with Gasteiger partial charge >= 0.3 is 0 Å². The van der Waals surface area contributed by atoms with Gasteiger partial charge in [0.15, 0.2) is 0 Å². The SMILES string of the molecule is CCCCCCCCCCCCC/C=C/[C@@H](O)[C@](N)(CO)C1(O)O[C@H](CO)[C@H](O)[C@H](O)[C@H]1O. The molecule has 9 heteroatoms. The summed E-state index contributed by atoms with van der Waals surface area (Å²) in [6, 6.07) is 0. The van der Waals surface area contributed by atoms with Crippen molar-refractivity contribution in [2.24, 2.45) is 5.73 Å². The quantitative estimate of drug-likeness (QED) is 0.109. The number of hydrogen-bond acceptors (Lipinski definition) is 9. The summed E-state index contributed by atoms with van der Waals surface area (Å²) in [5, 5.41) is 70.8. The molecule has 1 heterocycles. The summed E-state index contributed by atoms with van der Waals surface area (Å²) < 4.78 is 5.18. The van der Waals surface area contributed by atoms with Gasteiger partial charge in [-0.25, -0.2) is 0 Å². The molecule has 0 bridgehead atoms. The fraction of sp³-hybridized carbons (Fsp3) is 0.917. The summed E-state index contributed by atoms with van der Waals surface area (Å²) in [5.41, 5.74) is 3.74. The molecule has 1 fully saturated rings. The van der Waals surface area contributed by atoms with Gasteiger partial charge < -0.3 is 46.2 Å². The highest BCUT2D eigenvalue weighted by molar-refractivity contribution is 5.16. The minimum Gasteiger partial charge on any atom is -0.394 e. The monoisotopic (exact) mass is 477 g/mol. The third-order valence-corrected chi connectivity index (χ3v) is 6.72. The maximum atomic E-state index is 10.9. The molecule has 1 aliphatic rings. The molecule has 33 heavy (non-hydrogen) atoms. The molecule has 1 unspecified atom stereocenters. The number of unbranched alkanes of at least 4 members (excludes halogenated alkanes) is 11. The Morgan fingerprint density at radius 2 is 1.42 bits per heavy atom. The zero-order valence-electron chi connectivity index (χ0n) is 20.1. The molecule has 196 valence electrons. The summed E-state index contributed by atoms with van der Waals surface area (Å²) >= 11 is 0. The lowest BCUT2D eigenvalue weighted by Crippen LogP contribution is -2.80. The van der Waals surface area contributed by atoms with Gasteiger partial charge in [-0.2, -0.15) is 0 Å². The predicted molar refractivity (Wildman–Crippen MR) is 125 cm³/mol. The van der Waals surface area contributed by atoms with Crippen LogP contribution in [0.3, 0.4) is 0 Å². The van der Waals surface area contributed by atoms with Crippen LogP contribution >= 0.6 is 0 Å². The van der Waals surface area contributed by atoms with Crippen molar-refractivity contribution in [3.63, 3.8) is 0 Å². The number of aliphatic hydroxyl groups is 7. The first-order chi connectivity index (χ1) is 15.7. The molecule has 0 spiro atoms. The molecule has 1 aliphatic heterocycles. The molecule has 0 aromatic carbocycles. The molecular weight excluding hydrogens is 430 g/mol. The van der Waals surface area contributed by atoms with Gasteiger partial charge in [0.05, 0.1) is 19.3 Å². The first-order valence-corrected chi connectivity index (χ1v) is 12.5. The first-order valence-electron chi connectivity index (χ1n) is 12.5. The van der Waals surface area contributed by atoms with E-state index < -0.39 is 55.1 Å². The van der Waals surface area contributed by atoms with Crippen LogP contribution in [0.15, 0.2) is 12.2 Å². The lowest BCUT2D eigenvalue weighted by atomic mass is 9.76. The molecule has 1 saturated heterocycles. The van der Waals surface area contributed by atoms with Crippen molar-refractivity contribution in [3.8, 4) is 0 Å². The van der Waals surface area contributed by atoms with Gasteiger partial charge in [-0.1, -0.05) is 83.3 Å². The normalized spacial score (nSPS) is 31.1. The zero-order valence-corrected chi connectivity index (χ0v) is 20.1. The van der Waals surface area contributed by atoms with Crippen molar-refractivity contribution in [3.05, 3.63) is 12.2 Å². The largest absolute Gasteiger partial charge is 0.394 e. The third kappa shape index (κ3) is 8.23. The summed E-state index contributed by atoms with van der Waals surface area (Å²) in [5.74, 6) is -2.81. The summed E-state index contributed by atoms with van der Waals surface area (Å²) in [7, 11) is 0. The topological polar surface area (TPSA) is 177 Å². The van der Waals surface area contributed by atoms with Gasteiger partial charge in [-0.05, 0) is 12.8 Å². The Kier molecular flexibility index (Phi) is 14.2. The predicted octanol–water partition coefficient (Wildman–Crippen LogP) is 0.457. The molecule has 0 aromatic heterocycles. The van der Waals surface area contributed by atoms with Crippen molar-refractivity contribution in [1.29, 1.82) is 0 Å². The second-order valence-electron chi connectivity index (χ2n) is 9.36. The minimum atomic E-state index is -2.81. The van der Waals surface area contributed by atoms with Crippen LogP contribution in [-0.2, 0) is 4.74 Å². The van der Waals surface area contributed by atoms with Crippen LogP contribution < -0.4 is 5.73 Å². The fourth-order valence-electron chi connectivity index (χ4n) is 4.28. The van der Waals surface area contributed by atoms with Crippen molar-refractivity contribution >= 4 is 0 Å². The van der Waals surface area contributed by atoms with E-state index in [2.05, 4.69) is 6.92 Å². The van der Waals surface area contributed by atoms with Crippen LogP contribution in [-0.4, -0.2) is 90.8 Å². The van der Waals surface area contributed by atoms with E-state index in [1.807, 2.05) is 0 Å². The Morgan fingerprint density at radius 3 is 1.91 bits per heavy atom. The maximum Gasteiger partial charge on any atom is 0.219 e. The van der Waals surface area contributed by atoms with Gasteiger partial charge in [0.1, 0.15) is 30.0 Å². The Bertz CT molecular complexity index is 549. The van der Waals surface area contributed by atoms with E-state index in [-0.39, 0.29) is 0 Å². The highest BCUT2D eigenvalue weighted by atomic mass is 16.7. The molecule has 0 aliphatic carbocycles. The number of ether oxygens (including phenoxy) is 1. The van der Waals surface area contributed by atoms with E-state index in [4.69, 9.17) is 10.5 Å². The van der Waals surface area contributed by atoms with Gasteiger partial charge in [-0.3, -0.25) is 0 Å². The molecule has 9 N–H and O–H groups in total. The highest BCUT2D eigenvalue weighted by Crippen LogP contribution is 2.37. The van der Waals surface area contributed by atoms with E-state index in [0.29, 0.717) is 6.42 Å². The minimum absolute atomic E-state index is 0.665. The Morgan fingerprint density at radius 1 is 0.909 bits per heavy atom. The molecular formula is C24H47NO8. The number of nitrogens with two attached hydrogens (primary N) is 1. The molecule has 7 atom stereocenters. The molecule has 1 rings (SSSR count). The van der Waals surface area contributed by atoms with Crippen molar-refractivity contribution in [2.75, 3.05) is 13.2 Å². The average Bonchev–Trinajstić information content (AvgIpc) is 2.82. The smallest absolute Gasteiger partial charge is 0.219 e. The average molecular weight is 478 g/mol. The van der Waals surface area contributed by atoms with E-state index >= 15 is 0 Å². The van der Waals surface area contributed by atoms with Gasteiger partial charge in [0, 0.05) is 0 Å². The molecule has 9 nitrogen and oxygen atoms in total. The van der Waals surface area contributed by atoms with Crippen LogP contribution in [0.1, 0.15) is 84.0 Å². The third-order valence-electron chi connectivity index (χ3n) is 6.72. The standard InChI is InChI=1S/C24H47NO8/c1-2-3-4-5-6-7-8-9-10-11-12-13-14-15-19(28)23(25,17-27)24(32)22(31)21(30)20(29)18(16-26)33-24/h14-15,18-22,26-32H,2-13,16-17,25H2,1H3/b15-14+/t18-,19-,20+,21+,22-,23-,24?/m1/s1. The van der Waals surface area contributed by atoms with E-state index in [9.17, 15) is 35.7 Å². The highest BCUT2D eigenvalue weighted by Gasteiger charge is 2.64. The number of hydrogen-bond donors (Lipinski definition) is 8. The number of allylic oxidation sites excluding steroid dienone is 1. The van der Waals surface area contributed by atoms with Crippen LogP contribution in [0.5, 0.6) is 0 Å². The number of aliphatic hydroxyl groups excluding tert-OH is 6. The zero-order chi connectivity index (χ0) is 24.9. The molecule has 0 radical (unpaired) electrons. The molecule has 0 saturated carbocycles. The van der Waals surface area contributed by atoms with Gasteiger partial charge in [-0.15, -0.1) is 0 Å². The Hall–Kier alpha value is -0.620. The maximum absolute atomic E-state index is 10.9. The van der Waals surface area contributed by atoms with Crippen molar-refractivity contribution in [1.82, 2.24) is 0 Å². The first kappa shape index (κ1) is 30.4. The lowest BCUT2D eigenvalue weighted by molar-refractivity contribution is -0.380. The van der Waals surface area contributed by atoms with E-state index in [0.717, 1.165) is 19.3 Å². The number of rotatable bonds is 17. The second-order valence-corrected chi connectivity index (χ2v) is 9.36. The fourth-order valence-corrected chi connectivity index (χ4v) is 4.28. The van der Waals surface area contributed by atoms with Crippen LogP contribution in [0.4, 0.5) is 0 Å². The van der Waals surface area contributed by atoms with Gasteiger partial charge in [0.25, 0.3) is 0 Å². The lowest BCUT2D eigenvalue weighted by Gasteiger charge is -2.53. The van der Waals surface area contributed by atoms with E-state index in [1.165, 1.54) is 57.4 Å². The summed E-state index contributed by atoms with van der Waals surface area (Å²) in [6.07, 6.45) is 8.30. The second kappa shape index (κ2) is 15.4.